The van der Waals surface area contributed by atoms with E-state index >= 15 is 0 Å². The van der Waals surface area contributed by atoms with Crippen molar-refractivity contribution in [2.24, 2.45) is 0 Å². The molecule has 0 bridgehead atoms. The Morgan fingerprint density at radius 2 is 2.00 bits per heavy atom. The van der Waals surface area contributed by atoms with Gasteiger partial charge >= 0.3 is 0 Å². The lowest BCUT2D eigenvalue weighted by molar-refractivity contribution is 1.47. The fourth-order valence-electron chi connectivity index (χ4n) is 0.523. The number of hydrogen-bond donors (Lipinski definition) is 0. The van der Waals surface area contributed by atoms with E-state index in [0.717, 1.165) is 0 Å². The molecule has 0 aliphatic heterocycles. The Morgan fingerprint density at radius 3 is 2.56 bits per heavy atom. The molecule has 0 atom stereocenters. The Labute approximate surface area is 63.4 Å². The average Bonchev–Trinajstić information content (AvgIpc) is 1.91. The van der Waals surface area contributed by atoms with Crippen LogP contribution in [0.5, 0.6) is 0 Å². The third kappa shape index (κ3) is 2.33. The molecule has 1 radical (unpaired) electrons. The van der Waals surface area contributed by atoms with E-state index in [1.165, 1.54) is 4.90 Å². The summed E-state index contributed by atoms with van der Waals surface area (Å²) < 4.78 is 0. The van der Waals surface area contributed by atoms with Crippen LogP contribution in [-0.2, 0) is 0 Å². The minimum absolute atomic E-state index is 1.29. The van der Waals surface area contributed by atoms with E-state index in [0.29, 0.717) is 0 Å². The van der Waals surface area contributed by atoms with Crippen LogP contribution in [0, 0.1) is 6.07 Å². The SMILES string of the molecule is CSSc1cc[c]cc1. The smallest absolute Gasteiger partial charge is 0.0183 e. The highest BCUT2D eigenvalue weighted by Gasteiger charge is 1.86. The van der Waals surface area contributed by atoms with Gasteiger partial charge < -0.3 is 0 Å². The van der Waals surface area contributed by atoms with E-state index < -0.39 is 0 Å². The molecule has 0 saturated heterocycles. The lowest BCUT2D eigenvalue weighted by Gasteiger charge is -1.92. The molecule has 0 aliphatic rings. The Bertz CT molecular complexity index is 160. The lowest BCUT2D eigenvalue weighted by atomic mass is 10.4. The summed E-state index contributed by atoms with van der Waals surface area (Å²) >= 11 is 0. The van der Waals surface area contributed by atoms with Crippen LogP contribution in [0.2, 0.25) is 0 Å². The summed E-state index contributed by atoms with van der Waals surface area (Å²) in [4.78, 5) is 1.29. The first-order valence-corrected chi connectivity index (χ1v) is 5.16. The monoisotopic (exact) mass is 155 g/mol. The summed E-state index contributed by atoms with van der Waals surface area (Å²) in [5.41, 5.74) is 0. The van der Waals surface area contributed by atoms with Gasteiger partial charge in [0.25, 0.3) is 0 Å². The predicted octanol–water partition coefficient (Wildman–Crippen LogP) is 2.86. The normalized spacial score (nSPS) is 9.44. The molecule has 47 valence electrons. The summed E-state index contributed by atoms with van der Waals surface area (Å²) in [6, 6.07) is 10.9. The summed E-state index contributed by atoms with van der Waals surface area (Å²) in [7, 11) is 3.53. The number of rotatable bonds is 2. The van der Waals surface area contributed by atoms with E-state index in [1.54, 1.807) is 21.6 Å². The minimum atomic E-state index is 1.29. The third-order valence-corrected chi connectivity index (χ3v) is 2.58. The molecule has 0 aromatic heterocycles. The van der Waals surface area contributed by atoms with E-state index in [1.807, 2.05) is 12.1 Å². The van der Waals surface area contributed by atoms with Crippen LogP contribution in [0.15, 0.2) is 29.2 Å². The van der Waals surface area contributed by atoms with Gasteiger partial charge in [0.05, 0.1) is 0 Å². The highest BCUT2D eigenvalue weighted by Crippen LogP contribution is 2.27. The second-order valence-electron chi connectivity index (χ2n) is 1.49. The van der Waals surface area contributed by atoms with Crippen molar-refractivity contribution in [2.45, 2.75) is 4.90 Å². The van der Waals surface area contributed by atoms with Gasteiger partial charge in [-0.2, -0.15) is 0 Å². The van der Waals surface area contributed by atoms with Gasteiger partial charge in [-0.25, -0.2) is 0 Å². The lowest BCUT2D eigenvalue weighted by Crippen LogP contribution is -1.62. The molecular formula is C7H7S2. The molecule has 0 aliphatic carbocycles. The maximum atomic E-state index is 2.97. The van der Waals surface area contributed by atoms with Crippen LogP contribution in [0.1, 0.15) is 0 Å². The second kappa shape index (κ2) is 3.85. The maximum absolute atomic E-state index is 2.97. The first-order valence-electron chi connectivity index (χ1n) is 2.60. The fourth-order valence-corrected chi connectivity index (χ4v) is 1.87. The van der Waals surface area contributed by atoms with Gasteiger partial charge in [-0.05, 0) is 24.5 Å². The summed E-state index contributed by atoms with van der Waals surface area (Å²) in [5.74, 6) is 0. The summed E-state index contributed by atoms with van der Waals surface area (Å²) in [5, 5.41) is 0. The average molecular weight is 155 g/mol. The molecule has 1 aromatic carbocycles. The van der Waals surface area contributed by atoms with Crippen LogP contribution in [0.4, 0.5) is 0 Å². The van der Waals surface area contributed by atoms with Crippen molar-refractivity contribution in [1.29, 1.82) is 0 Å². The third-order valence-electron chi connectivity index (χ3n) is 0.867. The van der Waals surface area contributed by atoms with Crippen molar-refractivity contribution in [1.82, 2.24) is 0 Å². The van der Waals surface area contributed by atoms with Gasteiger partial charge in [0.2, 0.25) is 0 Å². The number of hydrogen-bond acceptors (Lipinski definition) is 2. The van der Waals surface area contributed by atoms with Crippen LogP contribution in [0.3, 0.4) is 0 Å². The second-order valence-corrected chi connectivity index (χ2v) is 3.96. The Hall–Kier alpha value is -0.0800. The highest BCUT2D eigenvalue weighted by atomic mass is 33.1. The predicted molar refractivity (Wildman–Crippen MR) is 44.7 cm³/mol. The van der Waals surface area contributed by atoms with Crippen LogP contribution >= 0.6 is 21.6 Å². The zero-order valence-electron chi connectivity index (χ0n) is 5.13. The van der Waals surface area contributed by atoms with Crippen molar-refractivity contribution in [3.8, 4) is 0 Å². The molecule has 0 fully saturated rings. The van der Waals surface area contributed by atoms with Crippen LogP contribution < -0.4 is 0 Å². The molecule has 0 N–H and O–H groups in total. The van der Waals surface area contributed by atoms with Gasteiger partial charge in [0.15, 0.2) is 0 Å². The quantitative estimate of drug-likeness (QED) is 0.602. The molecule has 0 amide bonds. The summed E-state index contributed by atoms with van der Waals surface area (Å²) in [6.07, 6.45) is 2.07. The van der Waals surface area contributed by atoms with Crippen molar-refractivity contribution in [3.63, 3.8) is 0 Å². The van der Waals surface area contributed by atoms with Crippen LogP contribution in [-0.4, -0.2) is 6.26 Å². The van der Waals surface area contributed by atoms with E-state index in [4.69, 9.17) is 0 Å². The highest BCUT2D eigenvalue weighted by molar-refractivity contribution is 8.76. The first kappa shape index (κ1) is 7.03. The molecule has 1 aromatic rings. The van der Waals surface area contributed by atoms with Crippen molar-refractivity contribution < 1.29 is 0 Å². The maximum Gasteiger partial charge on any atom is 0.0183 e. The van der Waals surface area contributed by atoms with Gasteiger partial charge in [0, 0.05) is 4.90 Å². The van der Waals surface area contributed by atoms with E-state index in [9.17, 15) is 0 Å². The Balaban J connectivity index is 2.61. The Kier molecular flexibility index (Phi) is 3.01. The molecule has 0 unspecified atom stereocenters. The van der Waals surface area contributed by atoms with Gasteiger partial charge in [-0.15, -0.1) is 0 Å². The first-order chi connectivity index (χ1) is 4.43. The van der Waals surface area contributed by atoms with Crippen molar-refractivity contribution in [3.05, 3.63) is 30.3 Å². The molecule has 9 heavy (non-hydrogen) atoms. The zero-order chi connectivity index (χ0) is 6.53. The zero-order valence-corrected chi connectivity index (χ0v) is 6.76. The van der Waals surface area contributed by atoms with Crippen LogP contribution in [0.25, 0.3) is 0 Å². The largest absolute Gasteiger partial charge is 0.0924 e. The van der Waals surface area contributed by atoms with E-state index in [-0.39, 0.29) is 0 Å². The molecule has 0 nitrogen and oxygen atoms in total. The fraction of sp³-hybridized carbons (Fsp3) is 0.143. The van der Waals surface area contributed by atoms with Crippen molar-refractivity contribution in [2.75, 3.05) is 6.26 Å². The van der Waals surface area contributed by atoms with Gasteiger partial charge in [0.1, 0.15) is 0 Å². The molecule has 0 spiro atoms. The van der Waals surface area contributed by atoms with Crippen molar-refractivity contribution >= 4 is 21.6 Å². The summed E-state index contributed by atoms with van der Waals surface area (Å²) in [6.45, 7) is 0. The molecule has 2 heteroatoms. The van der Waals surface area contributed by atoms with Gasteiger partial charge in [-0.3, -0.25) is 0 Å². The standard InChI is InChI=1S/C7H7S2/c1-8-9-7-5-3-2-4-6-7/h3-6H,1H3. The molecular weight excluding hydrogens is 148 g/mol. The molecule has 0 heterocycles. The topological polar surface area (TPSA) is 0 Å². The van der Waals surface area contributed by atoms with E-state index in [2.05, 4.69) is 24.5 Å². The Morgan fingerprint density at radius 1 is 1.33 bits per heavy atom. The number of benzene rings is 1. The van der Waals surface area contributed by atoms with Gasteiger partial charge in [-0.1, -0.05) is 33.7 Å². The molecule has 0 saturated carbocycles. The minimum Gasteiger partial charge on any atom is -0.0924 e. The molecule has 1 rings (SSSR count).